The highest BCUT2D eigenvalue weighted by molar-refractivity contribution is 5.27. The normalized spacial score (nSPS) is 19.6. The van der Waals surface area contributed by atoms with Gasteiger partial charge in [-0.25, -0.2) is 0 Å². The number of hydrogen-bond donors (Lipinski definition) is 1. The van der Waals surface area contributed by atoms with Gasteiger partial charge in [0.05, 0.1) is 6.10 Å². The van der Waals surface area contributed by atoms with E-state index >= 15 is 0 Å². The Morgan fingerprint density at radius 2 is 2.00 bits per heavy atom. The number of aliphatic hydroxyl groups excluding tert-OH is 1. The minimum atomic E-state index is -0.235. The molecular formula is C15H22O. The second-order valence-corrected chi connectivity index (χ2v) is 5.13. The van der Waals surface area contributed by atoms with Gasteiger partial charge in [-0.05, 0) is 43.2 Å². The van der Waals surface area contributed by atoms with Crippen LogP contribution in [0, 0.1) is 0 Å². The van der Waals surface area contributed by atoms with Gasteiger partial charge in [0.15, 0.2) is 0 Å². The van der Waals surface area contributed by atoms with Crippen LogP contribution < -0.4 is 0 Å². The topological polar surface area (TPSA) is 20.2 Å². The van der Waals surface area contributed by atoms with Crippen LogP contribution >= 0.6 is 0 Å². The van der Waals surface area contributed by atoms with E-state index < -0.39 is 0 Å². The van der Waals surface area contributed by atoms with Crippen molar-refractivity contribution >= 4 is 0 Å². The summed E-state index contributed by atoms with van der Waals surface area (Å²) in [4.78, 5) is 0. The van der Waals surface area contributed by atoms with Gasteiger partial charge in [0, 0.05) is 0 Å². The first-order valence-corrected chi connectivity index (χ1v) is 6.52. The molecule has 1 aromatic carbocycles. The fourth-order valence-corrected chi connectivity index (χ4v) is 2.75. The molecule has 1 saturated carbocycles. The van der Waals surface area contributed by atoms with E-state index in [0.717, 1.165) is 12.3 Å². The fraction of sp³-hybridized carbons (Fsp3) is 0.600. The second-order valence-electron chi connectivity index (χ2n) is 5.13. The van der Waals surface area contributed by atoms with Crippen LogP contribution in [0.1, 0.15) is 56.1 Å². The smallest absolute Gasteiger partial charge is 0.0552 e. The van der Waals surface area contributed by atoms with E-state index in [1.54, 1.807) is 0 Å². The molecule has 1 nitrogen and oxygen atoms in total. The molecule has 0 bridgehead atoms. The lowest BCUT2D eigenvalue weighted by Gasteiger charge is -2.22. The highest BCUT2D eigenvalue weighted by Crippen LogP contribution is 2.32. The van der Waals surface area contributed by atoms with Gasteiger partial charge in [-0.2, -0.15) is 0 Å². The van der Waals surface area contributed by atoms with Crippen molar-refractivity contribution in [3.8, 4) is 0 Å². The monoisotopic (exact) mass is 218 g/mol. The van der Waals surface area contributed by atoms with Gasteiger partial charge >= 0.3 is 0 Å². The van der Waals surface area contributed by atoms with Gasteiger partial charge in [0.2, 0.25) is 0 Å². The molecule has 0 heterocycles. The summed E-state index contributed by atoms with van der Waals surface area (Å²) in [5, 5.41) is 9.41. The predicted octanol–water partition coefficient (Wildman–Crippen LogP) is 3.66. The Bertz CT molecular complexity index is 324. The molecule has 0 radical (unpaired) electrons. The van der Waals surface area contributed by atoms with E-state index in [1.807, 2.05) is 6.92 Å². The van der Waals surface area contributed by atoms with Gasteiger partial charge < -0.3 is 5.11 Å². The summed E-state index contributed by atoms with van der Waals surface area (Å²) in [5.41, 5.74) is 2.76. The maximum absolute atomic E-state index is 9.41. The summed E-state index contributed by atoms with van der Waals surface area (Å²) in [6, 6.07) is 8.81. The van der Waals surface area contributed by atoms with Crippen molar-refractivity contribution in [2.45, 2.75) is 57.5 Å². The Labute approximate surface area is 98.5 Å². The van der Waals surface area contributed by atoms with Crippen molar-refractivity contribution in [1.82, 2.24) is 0 Å². The average molecular weight is 218 g/mol. The van der Waals surface area contributed by atoms with Gasteiger partial charge in [-0.15, -0.1) is 0 Å². The molecule has 2 rings (SSSR count). The molecule has 0 spiro atoms. The van der Waals surface area contributed by atoms with Crippen LogP contribution in [-0.2, 0) is 6.42 Å². The largest absolute Gasteiger partial charge is 0.393 e. The van der Waals surface area contributed by atoms with Gasteiger partial charge in [0.25, 0.3) is 0 Å². The second kappa shape index (κ2) is 5.49. The van der Waals surface area contributed by atoms with E-state index in [0.29, 0.717) is 0 Å². The van der Waals surface area contributed by atoms with Crippen molar-refractivity contribution in [3.63, 3.8) is 0 Å². The third-order valence-electron chi connectivity index (χ3n) is 3.56. The zero-order valence-electron chi connectivity index (χ0n) is 10.2. The molecule has 0 saturated heterocycles. The van der Waals surface area contributed by atoms with Crippen molar-refractivity contribution < 1.29 is 5.11 Å². The SMILES string of the molecule is CC(O)Cc1cccc(C2CCCCC2)c1. The molecule has 1 aliphatic rings. The van der Waals surface area contributed by atoms with Crippen molar-refractivity contribution in [1.29, 1.82) is 0 Å². The minimum absolute atomic E-state index is 0.235. The van der Waals surface area contributed by atoms with Crippen LogP contribution in [0.2, 0.25) is 0 Å². The van der Waals surface area contributed by atoms with Gasteiger partial charge in [0.1, 0.15) is 0 Å². The predicted molar refractivity (Wildman–Crippen MR) is 67.7 cm³/mol. The standard InChI is InChI=1S/C15H22O/c1-12(16)10-13-6-5-9-15(11-13)14-7-3-2-4-8-14/h5-6,9,11-12,14,16H,2-4,7-8,10H2,1H3. The molecule has 1 fully saturated rings. The maximum atomic E-state index is 9.41. The number of rotatable bonds is 3. The Morgan fingerprint density at radius 3 is 2.69 bits per heavy atom. The molecule has 88 valence electrons. The first kappa shape index (κ1) is 11.7. The number of hydrogen-bond acceptors (Lipinski definition) is 1. The summed E-state index contributed by atoms with van der Waals surface area (Å²) >= 11 is 0. The Balaban J connectivity index is 2.08. The third-order valence-corrected chi connectivity index (χ3v) is 3.56. The zero-order valence-corrected chi connectivity index (χ0v) is 10.2. The maximum Gasteiger partial charge on any atom is 0.0552 e. The lowest BCUT2D eigenvalue weighted by atomic mass is 9.83. The Hall–Kier alpha value is -0.820. The van der Waals surface area contributed by atoms with Crippen molar-refractivity contribution in [2.75, 3.05) is 0 Å². The lowest BCUT2D eigenvalue weighted by molar-refractivity contribution is 0.195. The van der Waals surface area contributed by atoms with E-state index in [1.165, 1.54) is 43.2 Å². The van der Waals surface area contributed by atoms with Crippen LogP contribution in [-0.4, -0.2) is 11.2 Å². The van der Waals surface area contributed by atoms with Crippen LogP contribution in [0.25, 0.3) is 0 Å². The molecule has 0 aromatic heterocycles. The first-order chi connectivity index (χ1) is 7.75. The van der Waals surface area contributed by atoms with Crippen LogP contribution in [0.4, 0.5) is 0 Å². The number of aliphatic hydroxyl groups is 1. The summed E-state index contributed by atoms with van der Waals surface area (Å²) < 4.78 is 0. The molecule has 0 amide bonds. The summed E-state index contributed by atoms with van der Waals surface area (Å²) in [6.07, 6.45) is 7.40. The van der Waals surface area contributed by atoms with Crippen molar-refractivity contribution in [3.05, 3.63) is 35.4 Å². The molecule has 1 aliphatic carbocycles. The third kappa shape index (κ3) is 3.08. The van der Waals surface area contributed by atoms with E-state index in [-0.39, 0.29) is 6.10 Å². The van der Waals surface area contributed by atoms with Crippen molar-refractivity contribution in [2.24, 2.45) is 0 Å². The Kier molecular flexibility index (Phi) is 4.00. The zero-order chi connectivity index (χ0) is 11.4. The highest BCUT2D eigenvalue weighted by Gasteiger charge is 2.15. The molecule has 16 heavy (non-hydrogen) atoms. The summed E-state index contributed by atoms with van der Waals surface area (Å²) in [5.74, 6) is 0.766. The van der Waals surface area contributed by atoms with E-state index in [2.05, 4.69) is 24.3 Å². The van der Waals surface area contributed by atoms with Crippen LogP contribution in [0.15, 0.2) is 24.3 Å². The average Bonchev–Trinajstić information content (AvgIpc) is 2.30. The molecule has 1 aromatic rings. The molecule has 1 atom stereocenters. The van der Waals surface area contributed by atoms with Gasteiger partial charge in [-0.1, -0.05) is 43.5 Å². The molecule has 1 unspecified atom stereocenters. The highest BCUT2D eigenvalue weighted by atomic mass is 16.3. The fourth-order valence-electron chi connectivity index (χ4n) is 2.75. The molecule has 1 N–H and O–H groups in total. The minimum Gasteiger partial charge on any atom is -0.393 e. The lowest BCUT2D eigenvalue weighted by Crippen LogP contribution is -2.07. The van der Waals surface area contributed by atoms with Crippen LogP contribution in [0.3, 0.4) is 0 Å². The molecule has 0 aliphatic heterocycles. The Morgan fingerprint density at radius 1 is 1.25 bits per heavy atom. The first-order valence-electron chi connectivity index (χ1n) is 6.52. The quantitative estimate of drug-likeness (QED) is 0.821. The van der Waals surface area contributed by atoms with Crippen LogP contribution in [0.5, 0.6) is 0 Å². The van der Waals surface area contributed by atoms with Gasteiger partial charge in [-0.3, -0.25) is 0 Å². The number of benzene rings is 1. The molecular weight excluding hydrogens is 196 g/mol. The van der Waals surface area contributed by atoms with E-state index in [9.17, 15) is 5.11 Å². The summed E-state index contributed by atoms with van der Waals surface area (Å²) in [7, 11) is 0. The van der Waals surface area contributed by atoms with E-state index in [4.69, 9.17) is 0 Å². The molecule has 1 heteroatoms. The summed E-state index contributed by atoms with van der Waals surface area (Å²) in [6.45, 7) is 1.85.